The van der Waals surface area contributed by atoms with Crippen LogP contribution in [0, 0.1) is 5.92 Å². The van der Waals surface area contributed by atoms with E-state index in [1.54, 1.807) is 0 Å². The minimum atomic E-state index is 0.463. The number of hydrogen-bond donors (Lipinski definition) is 1. The maximum absolute atomic E-state index is 5.78. The van der Waals surface area contributed by atoms with E-state index >= 15 is 0 Å². The molecule has 1 aliphatic rings. The first-order valence-electron chi connectivity index (χ1n) is 7.19. The van der Waals surface area contributed by atoms with Gasteiger partial charge in [0.15, 0.2) is 0 Å². The molecule has 0 bridgehead atoms. The van der Waals surface area contributed by atoms with Crippen LogP contribution < -0.4 is 10.1 Å². The van der Waals surface area contributed by atoms with E-state index in [1.807, 2.05) is 0 Å². The summed E-state index contributed by atoms with van der Waals surface area (Å²) in [6, 6.07) is 9.09. The predicted octanol–water partition coefficient (Wildman–Crippen LogP) is 3.92. The summed E-state index contributed by atoms with van der Waals surface area (Å²) < 4.78 is 5.78. The fourth-order valence-corrected chi connectivity index (χ4v) is 2.21. The highest BCUT2D eigenvalue weighted by Gasteiger charge is 2.23. The summed E-state index contributed by atoms with van der Waals surface area (Å²) in [7, 11) is 0. The van der Waals surface area contributed by atoms with Crippen LogP contribution in [0.25, 0.3) is 0 Å². The summed E-state index contributed by atoms with van der Waals surface area (Å²) in [5.74, 6) is 1.72. The Morgan fingerprint density at radius 3 is 2.39 bits per heavy atom. The van der Waals surface area contributed by atoms with Crippen molar-refractivity contribution in [3.63, 3.8) is 0 Å². The molecule has 2 rings (SSSR count). The molecule has 0 saturated heterocycles. The molecule has 18 heavy (non-hydrogen) atoms. The van der Waals surface area contributed by atoms with Crippen LogP contribution >= 0.6 is 0 Å². The lowest BCUT2D eigenvalue weighted by atomic mass is 9.97. The smallest absolute Gasteiger partial charge is 0.119 e. The standard InChI is InChI=1S/C16H25NO/c1-4-17-16(11-12(2)3)13-5-7-14(8-6-13)18-15-9-10-15/h5-8,12,15-17H,4,9-11H2,1-3H3. The molecule has 1 unspecified atom stereocenters. The maximum atomic E-state index is 5.78. The highest BCUT2D eigenvalue weighted by Crippen LogP contribution is 2.28. The monoisotopic (exact) mass is 247 g/mol. The lowest BCUT2D eigenvalue weighted by molar-refractivity contribution is 0.303. The van der Waals surface area contributed by atoms with Gasteiger partial charge in [0.05, 0.1) is 6.10 Å². The number of benzene rings is 1. The SMILES string of the molecule is CCNC(CC(C)C)c1ccc(OC2CC2)cc1. The average Bonchev–Trinajstić information content (AvgIpc) is 3.13. The zero-order valence-electron chi connectivity index (χ0n) is 11.8. The summed E-state index contributed by atoms with van der Waals surface area (Å²) >= 11 is 0. The molecule has 0 heterocycles. The van der Waals surface area contributed by atoms with Gasteiger partial charge in [-0.1, -0.05) is 32.9 Å². The molecule has 2 heteroatoms. The minimum absolute atomic E-state index is 0.463. The van der Waals surface area contributed by atoms with E-state index in [0.717, 1.165) is 12.3 Å². The minimum Gasteiger partial charge on any atom is -0.490 e. The van der Waals surface area contributed by atoms with Gasteiger partial charge in [0, 0.05) is 6.04 Å². The van der Waals surface area contributed by atoms with Crippen LogP contribution in [0.4, 0.5) is 0 Å². The summed E-state index contributed by atoms with van der Waals surface area (Å²) in [6.45, 7) is 7.72. The van der Waals surface area contributed by atoms with Gasteiger partial charge in [0.2, 0.25) is 0 Å². The van der Waals surface area contributed by atoms with Crippen molar-refractivity contribution in [3.05, 3.63) is 29.8 Å². The van der Waals surface area contributed by atoms with Crippen LogP contribution in [-0.4, -0.2) is 12.6 Å². The van der Waals surface area contributed by atoms with Crippen LogP contribution in [0.15, 0.2) is 24.3 Å². The van der Waals surface area contributed by atoms with Gasteiger partial charge in [-0.25, -0.2) is 0 Å². The van der Waals surface area contributed by atoms with Crippen molar-refractivity contribution >= 4 is 0 Å². The van der Waals surface area contributed by atoms with E-state index in [9.17, 15) is 0 Å². The van der Waals surface area contributed by atoms with Gasteiger partial charge < -0.3 is 10.1 Å². The van der Waals surface area contributed by atoms with Crippen LogP contribution in [0.5, 0.6) is 5.75 Å². The lowest BCUT2D eigenvalue weighted by Crippen LogP contribution is -2.22. The molecular weight excluding hydrogens is 222 g/mol. The number of ether oxygens (including phenoxy) is 1. The summed E-state index contributed by atoms with van der Waals surface area (Å²) in [5, 5.41) is 3.56. The topological polar surface area (TPSA) is 21.3 Å². The third kappa shape index (κ3) is 4.02. The van der Waals surface area contributed by atoms with E-state index in [-0.39, 0.29) is 0 Å². The Balaban J connectivity index is 1.99. The Morgan fingerprint density at radius 1 is 1.22 bits per heavy atom. The van der Waals surface area contributed by atoms with Gasteiger partial charge in [-0.05, 0) is 49.4 Å². The van der Waals surface area contributed by atoms with Crippen molar-refractivity contribution in [2.24, 2.45) is 5.92 Å². The summed E-state index contributed by atoms with van der Waals surface area (Å²) in [5.41, 5.74) is 1.37. The molecule has 0 amide bonds. The van der Waals surface area contributed by atoms with Crippen LogP contribution in [0.1, 0.15) is 51.6 Å². The fraction of sp³-hybridized carbons (Fsp3) is 0.625. The lowest BCUT2D eigenvalue weighted by Gasteiger charge is -2.20. The highest BCUT2D eigenvalue weighted by molar-refractivity contribution is 5.29. The Kier molecular flexibility index (Phi) is 4.65. The second-order valence-corrected chi connectivity index (χ2v) is 5.63. The van der Waals surface area contributed by atoms with E-state index in [4.69, 9.17) is 4.74 Å². The molecule has 1 N–H and O–H groups in total. The molecule has 0 radical (unpaired) electrons. The van der Waals surface area contributed by atoms with E-state index in [1.165, 1.54) is 24.8 Å². The van der Waals surface area contributed by atoms with Crippen molar-refractivity contribution < 1.29 is 4.74 Å². The fourth-order valence-electron chi connectivity index (χ4n) is 2.21. The van der Waals surface area contributed by atoms with Crippen LogP contribution in [-0.2, 0) is 0 Å². The molecule has 0 aliphatic heterocycles. The van der Waals surface area contributed by atoms with Crippen molar-refractivity contribution in [3.8, 4) is 5.75 Å². The first-order chi connectivity index (χ1) is 8.69. The van der Waals surface area contributed by atoms with Crippen molar-refractivity contribution in [1.29, 1.82) is 0 Å². The third-order valence-corrected chi connectivity index (χ3v) is 3.27. The number of hydrogen-bond acceptors (Lipinski definition) is 2. The molecule has 1 aliphatic carbocycles. The molecule has 100 valence electrons. The second-order valence-electron chi connectivity index (χ2n) is 5.63. The van der Waals surface area contributed by atoms with Crippen molar-refractivity contribution in [2.45, 2.75) is 52.2 Å². The maximum Gasteiger partial charge on any atom is 0.119 e. The summed E-state index contributed by atoms with van der Waals surface area (Å²) in [6.07, 6.45) is 4.09. The van der Waals surface area contributed by atoms with Gasteiger partial charge in [-0.15, -0.1) is 0 Å². The molecule has 1 aromatic rings. The van der Waals surface area contributed by atoms with Crippen LogP contribution in [0.2, 0.25) is 0 Å². The highest BCUT2D eigenvalue weighted by atomic mass is 16.5. The Morgan fingerprint density at radius 2 is 1.89 bits per heavy atom. The van der Waals surface area contributed by atoms with Gasteiger partial charge in [0.1, 0.15) is 5.75 Å². The predicted molar refractivity (Wildman–Crippen MR) is 76.0 cm³/mol. The quantitative estimate of drug-likeness (QED) is 0.788. The number of nitrogens with one attached hydrogen (secondary N) is 1. The van der Waals surface area contributed by atoms with E-state index < -0.39 is 0 Å². The van der Waals surface area contributed by atoms with Gasteiger partial charge in [-0.2, -0.15) is 0 Å². The van der Waals surface area contributed by atoms with E-state index in [0.29, 0.717) is 18.1 Å². The van der Waals surface area contributed by atoms with E-state index in [2.05, 4.69) is 50.4 Å². The first-order valence-corrected chi connectivity index (χ1v) is 7.19. The molecule has 1 aromatic carbocycles. The van der Waals surface area contributed by atoms with Crippen molar-refractivity contribution in [2.75, 3.05) is 6.54 Å². The van der Waals surface area contributed by atoms with Gasteiger partial charge in [0.25, 0.3) is 0 Å². The summed E-state index contributed by atoms with van der Waals surface area (Å²) in [4.78, 5) is 0. The Bertz CT molecular complexity index is 354. The number of rotatable bonds is 7. The molecule has 2 nitrogen and oxygen atoms in total. The molecular formula is C16H25NO. The molecule has 1 saturated carbocycles. The van der Waals surface area contributed by atoms with Crippen LogP contribution in [0.3, 0.4) is 0 Å². The largest absolute Gasteiger partial charge is 0.490 e. The second kappa shape index (κ2) is 6.24. The van der Waals surface area contributed by atoms with Gasteiger partial charge in [-0.3, -0.25) is 0 Å². The Labute approximate surface area is 111 Å². The molecule has 1 fully saturated rings. The zero-order valence-corrected chi connectivity index (χ0v) is 11.8. The Hall–Kier alpha value is -1.02. The molecule has 1 atom stereocenters. The first kappa shape index (κ1) is 13.4. The zero-order chi connectivity index (χ0) is 13.0. The third-order valence-electron chi connectivity index (χ3n) is 3.27. The molecule has 0 aromatic heterocycles. The van der Waals surface area contributed by atoms with Crippen molar-refractivity contribution in [1.82, 2.24) is 5.32 Å². The average molecular weight is 247 g/mol. The normalized spacial score (nSPS) is 16.9. The molecule has 0 spiro atoms. The van der Waals surface area contributed by atoms with Gasteiger partial charge >= 0.3 is 0 Å².